The first-order valence-corrected chi connectivity index (χ1v) is 7.02. The SMILES string of the molecule is Cc1cccc([N+](=O)[O-])c1C(=O)N1CCC(Cl)C(C)C1. The Hall–Kier alpha value is -1.62. The summed E-state index contributed by atoms with van der Waals surface area (Å²) in [6.07, 6.45) is 0.716. The van der Waals surface area contributed by atoms with Crippen LogP contribution < -0.4 is 0 Å². The first-order valence-electron chi connectivity index (χ1n) is 6.59. The molecule has 108 valence electrons. The molecule has 0 saturated carbocycles. The molecule has 6 heteroatoms. The molecule has 0 N–H and O–H groups in total. The summed E-state index contributed by atoms with van der Waals surface area (Å²) in [7, 11) is 0. The summed E-state index contributed by atoms with van der Waals surface area (Å²) in [6, 6.07) is 4.69. The maximum Gasteiger partial charge on any atom is 0.282 e. The van der Waals surface area contributed by atoms with Crippen molar-refractivity contribution < 1.29 is 9.72 Å². The van der Waals surface area contributed by atoms with Gasteiger partial charge in [0, 0.05) is 24.5 Å². The van der Waals surface area contributed by atoms with E-state index in [0.29, 0.717) is 25.1 Å². The van der Waals surface area contributed by atoms with E-state index in [-0.39, 0.29) is 28.5 Å². The van der Waals surface area contributed by atoms with Crippen LogP contribution in [0, 0.1) is 23.0 Å². The molecule has 0 bridgehead atoms. The Balaban J connectivity index is 2.32. The van der Waals surface area contributed by atoms with Gasteiger partial charge in [0.2, 0.25) is 0 Å². The summed E-state index contributed by atoms with van der Waals surface area (Å²) >= 11 is 6.15. The minimum absolute atomic E-state index is 0.0610. The van der Waals surface area contributed by atoms with Crippen LogP contribution in [0.15, 0.2) is 18.2 Å². The van der Waals surface area contributed by atoms with Gasteiger partial charge in [0.15, 0.2) is 0 Å². The van der Waals surface area contributed by atoms with Gasteiger partial charge in [0.25, 0.3) is 11.6 Å². The summed E-state index contributed by atoms with van der Waals surface area (Å²) in [5.41, 5.74) is 0.693. The highest BCUT2D eigenvalue weighted by Crippen LogP contribution is 2.27. The third-order valence-electron chi connectivity index (χ3n) is 3.75. The van der Waals surface area contributed by atoms with Crippen molar-refractivity contribution >= 4 is 23.2 Å². The standard InChI is InChI=1S/C14H17ClN2O3/c1-9-4-3-5-12(17(19)20)13(9)14(18)16-7-6-11(15)10(2)8-16/h3-5,10-11H,6-8H2,1-2H3. The molecular formula is C14H17ClN2O3. The Morgan fingerprint density at radius 3 is 2.80 bits per heavy atom. The highest BCUT2D eigenvalue weighted by atomic mass is 35.5. The first-order chi connectivity index (χ1) is 9.41. The van der Waals surface area contributed by atoms with Crippen molar-refractivity contribution in [3.63, 3.8) is 0 Å². The molecule has 2 unspecified atom stereocenters. The molecule has 1 amide bonds. The van der Waals surface area contributed by atoms with E-state index >= 15 is 0 Å². The van der Waals surface area contributed by atoms with Gasteiger partial charge in [-0.1, -0.05) is 19.1 Å². The van der Waals surface area contributed by atoms with Crippen LogP contribution in [0.25, 0.3) is 0 Å². The molecule has 1 heterocycles. The summed E-state index contributed by atoms with van der Waals surface area (Å²) in [6.45, 7) is 4.79. The van der Waals surface area contributed by atoms with Gasteiger partial charge in [-0.15, -0.1) is 11.6 Å². The fourth-order valence-electron chi connectivity index (χ4n) is 2.54. The number of benzene rings is 1. The van der Waals surface area contributed by atoms with E-state index in [4.69, 9.17) is 11.6 Å². The van der Waals surface area contributed by atoms with Gasteiger partial charge in [0.1, 0.15) is 5.56 Å². The van der Waals surface area contributed by atoms with E-state index in [1.54, 1.807) is 24.0 Å². The second-order valence-corrected chi connectivity index (χ2v) is 5.82. The van der Waals surface area contributed by atoms with Gasteiger partial charge in [-0.2, -0.15) is 0 Å². The predicted octanol–water partition coefficient (Wildman–Crippen LogP) is 2.99. The van der Waals surface area contributed by atoms with Gasteiger partial charge in [-0.25, -0.2) is 0 Å². The van der Waals surface area contributed by atoms with Crippen LogP contribution in [0.5, 0.6) is 0 Å². The van der Waals surface area contributed by atoms with Crippen molar-refractivity contribution in [1.82, 2.24) is 4.90 Å². The molecule has 2 atom stereocenters. The summed E-state index contributed by atoms with van der Waals surface area (Å²) in [5, 5.41) is 11.2. The summed E-state index contributed by atoms with van der Waals surface area (Å²) in [4.78, 5) is 24.8. The number of hydrogen-bond acceptors (Lipinski definition) is 3. The number of nitrogens with zero attached hydrogens (tertiary/aromatic N) is 2. The monoisotopic (exact) mass is 296 g/mol. The molecule has 1 aliphatic rings. The molecule has 0 spiro atoms. The van der Waals surface area contributed by atoms with Crippen LogP contribution in [-0.4, -0.2) is 34.2 Å². The number of piperidine rings is 1. The molecule has 1 aliphatic heterocycles. The average Bonchev–Trinajstić information content (AvgIpc) is 2.40. The van der Waals surface area contributed by atoms with Crippen molar-refractivity contribution in [3.05, 3.63) is 39.4 Å². The number of alkyl halides is 1. The van der Waals surface area contributed by atoms with E-state index < -0.39 is 4.92 Å². The molecule has 20 heavy (non-hydrogen) atoms. The van der Waals surface area contributed by atoms with E-state index in [2.05, 4.69) is 0 Å². The molecule has 1 fully saturated rings. The number of amides is 1. The Morgan fingerprint density at radius 2 is 2.20 bits per heavy atom. The largest absolute Gasteiger partial charge is 0.338 e. The number of nitro groups is 1. The van der Waals surface area contributed by atoms with E-state index in [0.717, 1.165) is 0 Å². The lowest BCUT2D eigenvalue weighted by molar-refractivity contribution is -0.385. The van der Waals surface area contributed by atoms with E-state index in [1.807, 2.05) is 6.92 Å². The number of nitro benzene ring substituents is 1. The van der Waals surface area contributed by atoms with Crippen molar-refractivity contribution in [2.24, 2.45) is 5.92 Å². The number of halogens is 1. The fourth-order valence-corrected chi connectivity index (χ4v) is 2.72. The fraction of sp³-hybridized carbons (Fsp3) is 0.500. The topological polar surface area (TPSA) is 63.5 Å². The molecule has 1 aromatic carbocycles. The minimum atomic E-state index is -0.502. The van der Waals surface area contributed by atoms with Gasteiger partial charge < -0.3 is 4.90 Å². The van der Waals surface area contributed by atoms with Gasteiger partial charge >= 0.3 is 0 Å². The number of aryl methyl sites for hydroxylation is 1. The van der Waals surface area contributed by atoms with Gasteiger partial charge in [0.05, 0.1) is 4.92 Å². The molecule has 2 rings (SSSR count). The van der Waals surface area contributed by atoms with Crippen LogP contribution in [0.4, 0.5) is 5.69 Å². The van der Waals surface area contributed by atoms with E-state index in [9.17, 15) is 14.9 Å². The maximum absolute atomic E-state index is 12.6. The molecule has 1 saturated heterocycles. The second-order valence-electron chi connectivity index (χ2n) is 5.26. The minimum Gasteiger partial charge on any atom is -0.338 e. The smallest absolute Gasteiger partial charge is 0.282 e. The molecule has 0 radical (unpaired) electrons. The van der Waals surface area contributed by atoms with Crippen LogP contribution >= 0.6 is 11.6 Å². The zero-order chi connectivity index (χ0) is 14.9. The van der Waals surface area contributed by atoms with Crippen LogP contribution in [-0.2, 0) is 0 Å². The van der Waals surface area contributed by atoms with Crippen molar-refractivity contribution in [3.8, 4) is 0 Å². The number of carbonyl (C=O) groups is 1. The number of likely N-dealkylation sites (tertiary alicyclic amines) is 1. The summed E-state index contributed by atoms with van der Waals surface area (Å²) in [5.74, 6) is -0.0809. The molecular weight excluding hydrogens is 280 g/mol. The lowest BCUT2D eigenvalue weighted by Crippen LogP contribution is -2.43. The predicted molar refractivity (Wildman–Crippen MR) is 77.2 cm³/mol. The highest BCUT2D eigenvalue weighted by molar-refractivity contribution is 6.20. The van der Waals surface area contributed by atoms with Crippen LogP contribution in [0.1, 0.15) is 29.3 Å². The molecule has 1 aromatic rings. The van der Waals surface area contributed by atoms with Gasteiger partial charge in [-0.05, 0) is 24.8 Å². The Labute approximate surface area is 122 Å². The highest BCUT2D eigenvalue weighted by Gasteiger charge is 2.31. The first kappa shape index (κ1) is 14.8. The third kappa shape index (κ3) is 2.77. The maximum atomic E-state index is 12.6. The zero-order valence-electron chi connectivity index (χ0n) is 11.5. The molecule has 0 aliphatic carbocycles. The lowest BCUT2D eigenvalue weighted by Gasteiger charge is -2.34. The van der Waals surface area contributed by atoms with Crippen molar-refractivity contribution in [1.29, 1.82) is 0 Å². The summed E-state index contributed by atoms with van der Waals surface area (Å²) < 4.78 is 0. The molecule has 5 nitrogen and oxygen atoms in total. The Kier molecular flexibility index (Phi) is 4.28. The van der Waals surface area contributed by atoms with Crippen LogP contribution in [0.2, 0.25) is 0 Å². The van der Waals surface area contributed by atoms with Crippen LogP contribution in [0.3, 0.4) is 0 Å². The Morgan fingerprint density at radius 1 is 1.50 bits per heavy atom. The molecule has 0 aromatic heterocycles. The second kappa shape index (κ2) is 5.79. The van der Waals surface area contributed by atoms with Crippen molar-refractivity contribution in [2.75, 3.05) is 13.1 Å². The third-order valence-corrected chi connectivity index (χ3v) is 4.40. The lowest BCUT2D eigenvalue weighted by atomic mass is 9.97. The van der Waals surface area contributed by atoms with Gasteiger partial charge in [-0.3, -0.25) is 14.9 Å². The number of carbonyl (C=O) groups excluding carboxylic acids is 1. The van der Waals surface area contributed by atoms with E-state index in [1.165, 1.54) is 6.07 Å². The average molecular weight is 297 g/mol. The van der Waals surface area contributed by atoms with Crippen molar-refractivity contribution in [2.45, 2.75) is 25.6 Å². The Bertz CT molecular complexity index is 547. The number of rotatable bonds is 2. The zero-order valence-corrected chi connectivity index (χ0v) is 12.3. The number of hydrogen-bond donors (Lipinski definition) is 0. The normalized spacial score (nSPS) is 22.6. The quantitative estimate of drug-likeness (QED) is 0.479.